The van der Waals surface area contributed by atoms with E-state index in [2.05, 4.69) is 6.92 Å². The average Bonchev–Trinajstić information content (AvgIpc) is 2.15. The molecule has 1 aliphatic rings. The SMILES string of the molecule is CCC1CCCOC1CC=CCl. The molecule has 0 amide bonds. The molecule has 0 aromatic rings. The molecule has 70 valence electrons. The predicted molar refractivity (Wildman–Crippen MR) is 52.4 cm³/mol. The molecular formula is C10H17ClO. The molecule has 0 saturated carbocycles. The maximum Gasteiger partial charge on any atom is 0.0637 e. The standard InChI is InChI=1S/C10H17ClO/c1-2-9-5-4-8-12-10(9)6-3-7-11/h3,7,9-10H,2,4-6,8H2,1H3. The lowest BCUT2D eigenvalue weighted by molar-refractivity contribution is -0.0250. The highest BCUT2D eigenvalue weighted by atomic mass is 35.5. The fourth-order valence-corrected chi connectivity index (χ4v) is 1.92. The Balaban J connectivity index is 2.36. The van der Waals surface area contributed by atoms with Gasteiger partial charge in [0.05, 0.1) is 6.10 Å². The third-order valence-electron chi connectivity index (χ3n) is 2.56. The molecule has 1 aliphatic heterocycles. The molecule has 2 heteroatoms. The zero-order chi connectivity index (χ0) is 8.81. The van der Waals surface area contributed by atoms with E-state index in [1.807, 2.05) is 6.08 Å². The van der Waals surface area contributed by atoms with Gasteiger partial charge in [0.25, 0.3) is 0 Å². The normalized spacial score (nSPS) is 31.2. The zero-order valence-corrected chi connectivity index (χ0v) is 8.39. The summed E-state index contributed by atoms with van der Waals surface area (Å²) in [6.45, 7) is 3.16. The Morgan fingerprint density at radius 3 is 3.08 bits per heavy atom. The zero-order valence-electron chi connectivity index (χ0n) is 7.63. The van der Waals surface area contributed by atoms with Crippen LogP contribution in [0.3, 0.4) is 0 Å². The minimum atomic E-state index is 0.416. The van der Waals surface area contributed by atoms with Crippen molar-refractivity contribution in [1.29, 1.82) is 0 Å². The molecule has 2 unspecified atom stereocenters. The fraction of sp³-hybridized carbons (Fsp3) is 0.800. The molecule has 1 heterocycles. The van der Waals surface area contributed by atoms with Crippen LogP contribution in [0.1, 0.15) is 32.6 Å². The summed E-state index contributed by atoms with van der Waals surface area (Å²) in [6, 6.07) is 0. The van der Waals surface area contributed by atoms with E-state index in [0.717, 1.165) is 18.9 Å². The van der Waals surface area contributed by atoms with Gasteiger partial charge in [0.2, 0.25) is 0 Å². The van der Waals surface area contributed by atoms with E-state index >= 15 is 0 Å². The Bertz CT molecular complexity index is 145. The largest absolute Gasteiger partial charge is 0.378 e. The highest BCUT2D eigenvalue weighted by molar-refractivity contribution is 6.25. The first kappa shape index (κ1) is 10.1. The van der Waals surface area contributed by atoms with Gasteiger partial charge in [-0.1, -0.05) is 31.0 Å². The van der Waals surface area contributed by atoms with Crippen LogP contribution in [0.25, 0.3) is 0 Å². The Hall–Kier alpha value is -0.0100. The Kier molecular flexibility index (Phi) is 4.70. The molecule has 1 nitrogen and oxygen atoms in total. The lowest BCUT2D eigenvalue weighted by atomic mass is 9.90. The third kappa shape index (κ3) is 2.80. The summed E-state index contributed by atoms with van der Waals surface area (Å²) in [5, 5.41) is 0. The van der Waals surface area contributed by atoms with Crippen LogP contribution in [0.2, 0.25) is 0 Å². The van der Waals surface area contributed by atoms with Crippen molar-refractivity contribution in [3.8, 4) is 0 Å². The van der Waals surface area contributed by atoms with Crippen LogP contribution < -0.4 is 0 Å². The van der Waals surface area contributed by atoms with Crippen molar-refractivity contribution < 1.29 is 4.74 Å². The van der Waals surface area contributed by atoms with Gasteiger partial charge < -0.3 is 4.74 Å². The number of rotatable bonds is 3. The molecule has 0 aromatic heterocycles. The number of halogens is 1. The second-order valence-electron chi connectivity index (χ2n) is 3.32. The summed E-state index contributed by atoms with van der Waals surface area (Å²) in [5.41, 5.74) is 1.59. The van der Waals surface area contributed by atoms with Gasteiger partial charge in [0.1, 0.15) is 0 Å². The van der Waals surface area contributed by atoms with Gasteiger partial charge in [-0.2, -0.15) is 0 Å². The van der Waals surface area contributed by atoms with Crippen molar-refractivity contribution in [1.82, 2.24) is 0 Å². The van der Waals surface area contributed by atoms with Crippen LogP contribution in [0.15, 0.2) is 11.6 Å². The van der Waals surface area contributed by atoms with Crippen LogP contribution >= 0.6 is 11.6 Å². The first-order chi connectivity index (χ1) is 5.88. The second kappa shape index (κ2) is 5.60. The van der Waals surface area contributed by atoms with Crippen LogP contribution in [-0.4, -0.2) is 12.7 Å². The topological polar surface area (TPSA) is 9.23 Å². The first-order valence-electron chi connectivity index (χ1n) is 4.75. The maximum atomic E-state index is 5.67. The monoisotopic (exact) mass is 188 g/mol. The minimum absolute atomic E-state index is 0.416. The van der Waals surface area contributed by atoms with Gasteiger partial charge in [-0.05, 0) is 25.2 Å². The highest BCUT2D eigenvalue weighted by Gasteiger charge is 2.22. The van der Waals surface area contributed by atoms with E-state index < -0.39 is 0 Å². The van der Waals surface area contributed by atoms with Crippen molar-refractivity contribution in [2.75, 3.05) is 6.61 Å². The van der Waals surface area contributed by atoms with E-state index in [1.165, 1.54) is 19.3 Å². The summed E-state index contributed by atoms with van der Waals surface area (Å²) >= 11 is 5.48. The van der Waals surface area contributed by atoms with Crippen LogP contribution in [0.5, 0.6) is 0 Å². The van der Waals surface area contributed by atoms with E-state index in [0.29, 0.717) is 6.10 Å². The molecule has 0 bridgehead atoms. The second-order valence-corrected chi connectivity index (χ2v) is 3.57. The van der Waals surface area contributed by atoms with Gasteiger partial charge in [0, 0.05) is 12.1 Å². The Labute approximate surface area is 79.7 Å². The molecule has 0 aromatic carbocycles. The minimum Gasteiger partial charge on any atom is -0.378 e. The number of hydrogen-bond donors (Lipinski definition) is 0. The maximum absolute atomic E-state index is 5.67. The highest BCUT2D eigenvalue weighted by Crippen LogP contribution is 2.25. The molecule has 1 fully saturated rings. The Morgan fingerprint density at radius 2 is 2.42 bits per heavy atom. The summed E-state index contributed by atoms with van der Waals surface area (Å²) in [4.78, 5) is 0. The van der Waals surface area contributed by atoms with Gasteiger partial charge in [-0.15, -0.1) is 0 Å². The van der Waals surface area contributed by atoms with E-state index in [9.17, 15) is 0 Å². The summed E-state index contributed by atoms with van der Waals surface area (Å²) < 4.78 is 5.67. The molecule has 0 radical (unpaired) electrons. The van der Waals surface area contributed by atoms with Crippen molar-refractivity contribution in [3.63, 3.8) is 0 Å². The molecule has 0 aliphatic carbocycles. The van der Waals surface area contributed by atoms with Crippen LogP contribution in [0.4, 0.5) is 0 Å². The van der Waals surface area contributed by atoms with Crippen molar-refractivity contribution in [3.05, 3.63) is 11.6 Å². The molecule has 2 atom stereocenters. The lowest BCUT2D eigenvalue weighted by Gasteiger charge is -2.30. The fourth-order valence-electron chi connectivity index (χ4n) is 1.82. The first-order valence-corrected chi connectivity index (χ1v) is 5.19. The van der Waals surface area contributed by atoms with E-state index in [1.54, 1.807) is 5.54 Å². The van der Waals surface area contributed by atoms with Gasteiger partial charge >= 0.3 is 0 Å². The average molecular weight is 189 g/mol. The van der Waals surface area contributed by atoms with Crippen LogP contribution in [-0.2, 0) is 4.74 Å². The van der Waals surface area contributed by atoms with Crippen molar-refractivity contribution >= 4 is 11.6 Å². The number of hydrogen-bond acceptors (Lipinski definition) is 1. The van der Waals surface area contributed by atoms with Gasteiger partial charge in [-0.25, -0.2) is 0 Å². The predicted octanol–water partition coefficient (Wildman–Crippen LogP) is 3.33. The molecule has 0 spiro atoms. The Morgan fingerprint density at radius 1 is 1.58 bits per heavy atom. The van der Waals surface area contributed by atoms with E-state index in [-0.39, 0.29) is 0 Å². The molecule has 0 N–H and O–H groups in total. The molecule has 12 heavy (non-hydrogen) atoms. The molecular weight excluding hydrogens is 172 g/mol. The van der Waals surface area contributed by atoms with Gasteiger partial charge in [-0.3, -0.25) is 0 Å². The summed E-state index contributed by atoms with van der Waals surface area (Å²) in [6.07, 6.45) is 7.14. The third-order valence-corrected chi connectivity index (χ3v) is 2.74. The molecule has 1 saturated heterocycles. The van der Waals surface area contributed by atoms with Crippen molar-refractivity contribution in [2.24, 2.45) is 5.92 Å². The van der Waals surface area contributed by atoms with E-state index in [4.69, 9.17) is 16.3 Å². The summed E-state index contributed by atoms with van der Waals surface area (Å²) in [7, 11) is 0. The lowest BCUT2D eigenvalue weighted by Crippen LogP contribution is -2.28. The smallest absolute Gasteiger partial charge is 0.0637 e. The van der Waals surface area contributed by atoms with Crippen LogP contribution in [0, 0.1) is 5.92 Å². The quantitative estimate of drug-likeness (QED) is 0.660. The summed E-state index contributed by atoms with van der Waals surface area (Å²) in [5.74, 6) is 0.742. The van der Waals surface area contributed by atoms with Gasteiger partial charge in [0.15, 0.2) is 0 Å². The van der Waals surface area contributed by atoms with Crippen molar-refractivity contribution in [2.45, 2.75) is 38.7 Å². The number of ether oxygens (including phenoxy) is 1. The molecule has 1 rings (SSSR count).